The lowest BCUT2D eigenvalue weighted by Crippen LogP contribution is -2.38. The average molecular weight is 617 g/mol. The SMILES string of the molecule is COc1ccc(-n2cc(-c3ccccc3)nc2NC(=O)CN(Cc2ccccc2)S(=O)(=O)c2ccc(Cl)cc2)cc1OC. The van der Waals surface area contributed by atoms with Crippen molar-refractivity contribution >= 4 is 33.5 Å². The van der Waals surface area contributed by atoms with Crippen LogP contribution in [0.1, 0.15) is 5.56 Å². The van der Waals surface area contributed by atoms with Crippen LogP contribution in [0.2, 0.25) is 5.02 Å². The van der Waals surface area contributed by atoms with E-state index in [9.17, 15) is 13.2 Å². The summed E-state index contributed by atoms with van der Waals surface area (Å²) >= 11 is 6.00. The van der Waals surface area contributed by atoms with E-state index in [0.29, 0.717) is 27.9 Å². The minimum absolute atomic E-state index is 0.0153. The first-order valence-corrected chi connectivity index (χ1v) is 15.1. The van der Waals surface area contributed by atoms with Gasteiger partial charge < -0.3 is 9.47 Å². The largest absolute Gasteiger partial charge is 0.493 e. The number of aromatic nitrogens is 2. The highest BCUT2D eigenvalue weighted by atomic mass is 35.5. The zero-order chi connectivity index (χ0) is 30.4. The van der Waals surface area contributed by atoms with Gasteiger partial charge in [-0.3, -0.25) is 14.7 Å². The molecule has 1 aromatic heterocycles. The second-order valence-electron chi connectivity index (χ2n) is 9.49. The lowest BCUT2D eigenvalue weighted by atomic mass is 10.2. The maximum atomic E-state index is 13.7. The molecule has 0 atom stereocenters. The number of halogens is 1. The number of imidazole rings is 1. The van der Waals surface area contributed by atoms with Gasteiger partial charge in [-0.15, -0.1) is 0 Å². The number of ether oxygens (including phenoxy) is 2. The smallest absolute Gasteiger partial charge is 0.243 e. The van der Waals surface area contributed by atoms with Crippen LogP contribution in [0.15, 0.2) is 114 Å². The molecule has 220 valence electrons. The van der Waals surface area contributed by atoms with Gasteiger partial charge in [-0.2, -0.15) is 4.31 Å². The first-order valence-electron chi connectivity index (χ1n) is 13.2. The molecule has 0 aliphatic rings. The molecule has 1 heterocycles. The number of hydrogen-bond donors (Lipinski definition) is 1. The molecule has 0 radical (unpaired) electrons. The number of nitrogens with zero attached hydrogens (tertiary/aromatic N) is 3. The van der Waals surface area contributed by atoms with Crippen LogP contribution in [0.5, 0.6) is 11.5 Å². The van der Waals surface area contributed by atoms with Crippen molar-refractivity contribution in [1.29, 1.82) is 0 Å². The highest BCUT2D eigenvalue weighted by Crippen LogP contribution is 2.32. The van der Waals surface area contributed by atoms with Crippen LogP contribution in [0.25, 0.3) is 16.9 Å². The molecule has 0 aliphatic carbocycles. The van der Waals surface area contributed by atoms with Crippen molar-refractivity contribution in [2.45, 2.75) is 11.4 Å². The summed E-state index contributed by atoms with van der Waals surface area (Å²) in [6.07, 6.45) is 1.79. The minimum Gasteiger partial charge on any atom is -0.493 e. The number of rotatable bonds is 11. The summed E-state index contributed by atoms with van der Waals surface area (Å²) in [6.45, 7) is -0.474. The highest BCUT2D eigenvalue weighted by Gasteiger charge is 2.28. The van der Waals surface area contributed by atoms with Gasteiger partial charge in [-0.1, -0.05) is 72.3 Å². The zero-order valence-corrected chi connectivity index (χ0v) is 25.0. The fourth-order valence-electron chi connectivity index (χ4n) is 4.48. The van der Waals surface area contributed by atoms with Gasteiger partial charge in [-0.05, 0) is 42.0 Å². The van der Waals surface area contributed by atoms with E-state index in [4.69, 9.17) is 26.1 Å². The third-order valence-corrected chi connectivity index (χ3v) is 8.70. The molecule has 0 fully saturated rings. The molecule has 0 spiro atoms. The van der Waals surface area contributed by atoms with E-state index in [0.717, 1.165) is 15.4 Å². The molecule has 1 N–H and O–H groups in total. The Kier molecular flexibility index (Phi) is 9.10. The van der Waals surface area contributed by atoms with E-state index in [-0.39, 0.29) is 17.4 Å². The molecule has 0 aliphatic heterocycles. The summed E-state index contributed by atoms with van der Waals surface area (Å²) in [4.78, 5) is 18.3. The van der Waals surface area contributed by atoms with Crippen molar-refractivity contribution in [3.05, 3.63) is 120 Å². The van der Waals surface area contributed by atoms with Crippen molar-refractivity contribution in [2.24, 2.45) is 0 Å². The molecule has 5 rings (SSSR count). The summed E-state index contributed by atoms with van der Waals surface area (Å²) in [5, 5.41) is 3.23. The fourth-order valence-corrected chi connectivity index (χ4v) is 5.99. The van der Waals surface area contributed by atoms with E-state index in [1.807, 2.05) is 48.5 Å². The number of anilines is 1. The number of benzene rings is 4. The number of nitrogens with one attached hydrogen (secondary N) is 1. The molecule has 1 amide bonds. The van der Waals surface area contributed by atoms with Crippen LogP contribution in [0, 0.1) is 0 Å². The van der Waals surface area contributed by atoms with Crippen molar-refractivity contribution in [2.75, 3.05) is 26.1 Å². The minimum atomic E-state index is -4.06. The monoisotopic (exact) mass is 616 g/mol. The van der Waals surface area contributed by atoms with Gasteiger partial charge in [0.1, 0.15) is 0 Å². The van der Waals surface area contributed by atoms with Crippen molar-refractivity contribution in [1.82, 2.24) is 13.9 Å². The lowest BCUT2D eigenvalue weighted by Gasteiger charge is -2.22. The Morgan fingerprint density at radius 3 is 2.19 bits per heavy atom. The Bertz CT molecular complexity index is 1810. The predicted octanol–water partition coefficient (Wildman–Crippen LogP) is 6.04. The number of carbonyl (C=O) groups excluding carboxylic acids is 1. The van der Waals surface area contributed by atoms with Gasteiger partial charge in [0.15, 0.2) is 11.5 Å². The van der Waals surface area contributed by atoms with Gasteiger partial charge in [0, 0.05) is 29.4 Å². The molecule has 0 saturated carbocycles. The molecule has 4 aromatic carbocycles. The number of carbonyl (C=O) groups is 1. The molecule has 0 bridgehead atoms. The lowest BCUT2D eigenvalue weighted by molar-refractivity contribution is -0.116. The van der Waals surface area contributed by atoms with Crippen LogP contribution in [0.4, 0.5) is 5.95 Å². The highest BCUT2D eigenvalue weighted by molar-refractivity contribution is 7.89. The van der Waals surface area contributed by atoms with Crippen LogP contribution in [-0.4, -0.2) is 48.9 Å². The quantitative estimate of drug-likeness (QED) is 0.194. The second kappa shape index (κ2) is 13.1. The number of amides is 1. The van der Waals surface area contributed by atoms with E-state index in [1.165, 1.54) is 31.4 Å². The van der Waals surface area contributed by atoms with E-state index >= 15 is 0 Å². The third-order valence-electron chi connectivity index (χ3n) is 6.65. The van der Waals surface area contributed by atoms with E-state index in [1.54, 1.807) is 48.2 Å². The normalized spacial score (nSPS) is 11.3. The Labute approximate surface area is 255 Å². The van der Waals surface area contributed by atoms with E-state index < -0.39 is 22.5 Å². The average Bonchev–Trinajstić information content (AvgIpc) is 3.45. The Morgan fingerprint density at radius 2 is 1.53 bits per heavy atom. The molecule has 5 aromatic rings. The number of sulfonamides is 1. The van der Waals surface area contributed by atoms with Gasteiger partial charge in [0.2, 0.25) is 21.9 Å². The Morgan fingerprint density at radius 1 is 0.884 bits per heavy atom. The maximum Gasteiger partial charge on any atom is 0.243 e. The summed E-state index contributed by atoms with van der Waals surface area (Å²) in [6, 6.07) is 29.7. The van der Waals surface area contributed by atoms with Crippen molar-refractivity contribution < 1.29 is 22.7 Å². The molecule has 9 nitrogen and oxygen atoms in total. The molecule has 43 heavy (non-hydrogen) atoms. The van der Waals surface area contributed by atoms with Gasteiger partial charge in [-0.25, -0.2) is 13.4 Å². The summed E-state index contributed by atoms with van der Waals surface area (Å²) in [5.74, 6) is 0.680. The Balaban J connectivity index is 1.49. The molecule has 0 unspecified atom stereocenters. The first kappa shape index (κ1) is 29.8. The van der Waals surface area contributed by atoms with Gasteiger partial charge in [0.25, 0.3) is 0 Å². The summed E-state index contributed by atoms with van der Waals surface area (Å²) < 4.78 is 41.1. The van der Waals surface area contributed by atoms with Crippen LogP contribution in [0.3, 0.4) is 0 Å². The van der Waals surface area contributed by atoms with Crippen molar-refractivity contribution in [3.8, 4) is 28.4 Å². The fraction of sp³-hybridized carbons (Fsp3) is 0.125. The molecule has 11 heteroatoms. The molecule has 0 saturated heterocycles. The van der Waals surface area contributed by atoms with Crippen LogP contribution < -0.4 is 14.8 Å². The van der Waals surface area contributed by atoms with E-state index in [2.05, 4.69) is 5.32 Å². The number of methoxy groups -OCH3 is 2. The summed E-state index contributed by atoms with van der Waals surface area (Å²) in [5.41, 5.74) is 2.83. The van der Waals surface area contributed by atoms with Gasteiger partial charge in [0.05, 0.1) is 37.0 Å². The zero-order valence-electron chi connectivity index (χ0n) is 23.5. The standard InChI is InChI=1S/C32H29ClN4O5S/c1-41-29-18-15-26(19-30(29)42-2)37-21-28(24-11-7-4-8-12-24)34-32(37)35-31(38)22-36(20-23-9-5-3-6-10-23)43(39,40)27-16-13-25(33)14-17-27/h3-19,21H,20,22H2,1-2H3,(H,34,35,38). The third kappa shape index (κ3) is 6.89. The summed E-state index contributed by atoms with van der Waals surface area (Å²) in [7, 11) is -0.977. The maximum absolute atomic E-state index is 13.7. The van der Waals surface area contributed by atoms with Gasteiger partial charge >= 0.3 is 0 Å². The first-order chi connectivity index (χ1) is 20.8. The van der Waals surface area contributed by atoms with Crippen LogP contribution in [-0.2, 0) is 21.4 Å². The number of hydrogen-bond acceptors (Lipinski definition) is 6. The molecular formula is C32H29ClN4O5S. The topological polar surface area (TPSA) is 103 Å². The molecular weight excluding hydrogens is 588 g/mol. The Hall–Kier alpha value is -4.64. The second-order valence-corrected chi connectivity index (χ2v) is 11.9. The van der Waals surface area contributed by atoms with Crippen LogP contribution >= 0.6 is 11.6 Å². The van der Waals surface area contributed by atoms with Crippen molar-refractivity contribution in [3.63, 3.8) is 0 Å². The predicted molar refractivity (Wildman–Crippen MR) is 166 cm³/mol.